The van der Waals surface area contributed by atoms with E-state index in [9.17, 15) is 18.3 Å². The van der Waals surface area contributed by atoms with Gasteiger partial charge in [0.2, 0.25) is 0 Å². The van der Waals surface area contributed by atoms with Gasteiger partial charge in [-0.3, -0.25) is 0 Å². The molecule has 0 spiro atoms. The second kappa shape index (κ2) is 6.09. The zero-order valence-corrected chi connectivity index (χ0v) is 9.50. The Morgan fingerprint density at radius 1 is 1.29 bits per heavy atom. The third-order valence-electron chi connectivity index (χ3n) is 2.15. The van der Waals surface area contributed by atoms with Crippen LogP contribution in [0.25, 0.3) is 0 Å². The highest BCUT2D eigenvalue weighted by atomic mass is 35.5. The van der Waals surface area contributed by atoms with Gasteiger partial charge in [-0.2, -0.15) is 13.2 Å². The summed E-state index contributed by atoms with van der Waals surface area (Å²) in [7, 11) is 0. The van der Waals surface area contributed by atoms with Crippen LogP contribution in [0.5, 0.6) is 5.75 Å². The minimum absolute atomic E-state index is 0. The molecule has 0 amide bonds. The molecular formula is C10H13ClF3NO2. The molecule has 0 saturated carbocycles. The predicted octanol–water partition coefficient (Wildman–Crippen LogP) is 2.13. The van der Waals surface area contributed by atoms with Crippen LogP contribution in [-0.4, -0.2) is 22.4 Å². The fourth-order valence-electron chi connectivity index (χ4n) is 1.24. The summed E-state index contributed by atoms with van der Waals surface area (Å²) < 4.78 is 36.4. The molecule has 2 atom stereocenters. The first-order valence-electron chi connectivity index (χ1n) is 4.60. The van der Waals surface area contributed by atoms with Crippen molar-refractivity contribution in [3.63, 3.8) is 0 Å². The number of rotatable bonds is 3. The maximum Gasteiger partial charge on any atom is 0.403 e. The second-order valence-corrected chi connectivity index (χ2v) is 3.49. The molecule has 1 aromatic carbocycles. The number of phenols is 1. The van der Waals surface area contributed by atoms with Crippen molar-refractivity contribution in [3.8, 4) is 5.75 Å². The van der Waals surface area contributed by atoms with Gasteiger partial charge < -0.3 is 15.9 Å². The number of phenolic OH excluding ortho intramolecular Hbond substituents is 1. The van der Waals surface area contributed by atoms with Crippen molar-refractivity contribution in [2.24, 2.45) is 5.73 Å². The third-order valence-corrected chi connectivity index (χ3v) is 2.15. The van der Waals surface area contributed by atoms with E-state index >= 15 is 0 Å². The van der Waals surface area contributed by atoms with Gasteiger partial charge in [0.05, 0.1) is 6.10 Å². The van der Waals surface area contributed by atoms with Crippen LogP contribution in [0, 0.1) is 0 Å². The van der Waals surface area contributed by atoms with Gasteiger partial charge in [0.25, 0.3) is 0 Å². The Bertz CT molecular complexity index is 360. The standard InChI is InChI=1S/C10H12F3NO2.ClH/c11-10(12,13)9(14)5-8(16)6-2-1-3-7(15)4-6;/h1-4,8-9,15-16H,5,14H2;1H/t8-,9-;/m1./s1. The van der Waals surface area contributed by atoms with Crippen LogP contribution in [-0.2, 0) is 0 Å². The SMILES string of the molecule is Cl.N[C@H](C[C@@H](O)c1cccc(O)c1)C(F)(F)F. The van der Waals surface area contributed by atoms with Crippen molar-refractivity contribution in [3.05, 3.63) is 29.8 Å². The van der Waals surface area contributed by atoms with E-state index in [1.807, 2.05) is 0 Å². The van der Waals surface area contributed by atoms with E-state index in [2.05, 4.69) is 0 Å². The van der Waals surface area contributed by atoms with Crippen molar-refractivity contribution >= 4 is 12.4 Å². The quantitative estimate of drug-likeness (QED) is 0.789. The molecule has 0 saturated heterocycles. The summed E-state index contributed by atoms with van der Waals surface area (Å²) >= 11 is 0. The molecule has 0 fully saturated rings. The van der Waals surface area contributed by atoms with Gasteiger partial charge >= 0.3 is 6.18 Å². The van der Waals surface area contributed by atoms with Gasteiger partial charge in [0, 0.05) is 6.42 Å². The number of halogens is 4. The van der Waals surface area contributed by atoms with Gasteiger partial charge in [-0.15, -0.1) is 12.4 Å². The molecule has 0 bridgehead atoms. The molecule has 0 heterocycles. The summed E-state index contributed by atoms with van der Waals surface area (Å²) in [6.45, 7) is 0. The minimum atomic E-state index is -4.53. The van der Waals surface area contributed by atoms with Gasteiger partial charge in [-0.1, -0.05) is 12.1 Å². The predicted molar refractivity (Wildman–Crippen MR) is 59.0 cm³/mol. The van der Waals surface area contributed by atoms with Gasteiger partial charge in [0.15, 0.2) is 0 Å². The molecular weight excluding hydrogens is 259 g/mol. The van der Waals surface area contributed by atoms with Crippen molar-refractivity contribution in [2.75, 3.05) is 0 Å². The first kappa shape index (κ1) is 16.0. The summed E-state index contributed by atoms with van der Waals surface area (Å²) in [6, 6.07) is 3.35. The van der Waals surface area contributed by atoms with Crippen molar-refractivity contribution in [2.45, 2.75) is 24.7 Å². The lowest BCUT2D eigenvalue weighted by molar-refractivity contribution is -0.153. The number of alkyl halides is 3. The van der Waals surface area contributed by atoms with Crippen LogP contribution < -0.4 is 5.73 Å². The lowest BCUT2D eigenvalue weighted by atomic mass is 10.0. The fourth-order valence-corrected chi connectivity index (χ4v) is 1.24. The molecule has 3 nitrogen and oxygen atoms in total. The summed E-state index contributed by atoms with van der Waals surface area (Å²) in [5, 5.41) is 18.6. The Balaban J connectivity index is 0.00000256. The van der Waals surface area contributed by atoms with Crippen molar-refractivity contribution in [1.82, 2.24) is 0 Å². The maximum atomic E-state index is 12.1. The van der Waals surface area contributed by atoms with Crippen LogP contribution >= 0.6 is 12.4 Å². The molecule has 1 rings (SSSR count). The summed E-state index contributed by atoms with van der Waals surface area (Å²) in [4.78, 5) is 0. The largest absolute Gasteiger partial charge is 0.508 e. The molecule has 0 aliphatic rings. The first-order chi connectivity index (χ1) is 7.30. The normalized spacial score (nSPS) is 14.9. The Labute approximate surface area is 102 Å². The monoisotopic (exact) mass is 271 g/mol. The van der Waals surface area contributed by atoms with Gasteiger partial charge in [0.1, 0.15) is 11.8 Å². The van der Waals surface area contributed by atoms with Gasteiger partial charge in [-0.05, 0) is 17.7 Å². The van der Waals surface area contributed by atoms with E-state index in [0.717, 1.165) is 0 Å². The highest BCUT2D eigenvalue weighted by Gasteiger charge is 2.37. The number of aromatic hydroxyl groups is 1. The smallest absolute Gasteiger partial charge is 0.403 e. The maximum absolute atomic E-state index is 12.1. The van der Waals surface area contributed by atoms with Crippen LogP contribution in [0.4, 0.5) is 13.2 Å². The van der Waals surface area contributed by atoms with Gasteiger partial charge in [-0.25, -0.2) is 0 Å². The third kappa shape index (κ3) is 4.80. The van der Waals surface area contributed by atoms with Crippen LogP contribution in [0.1, 0.15) is 18.1 Å². The second-order valence-electron chi connectivity index (χ2n) is 3.49. The molecule has 0 aliphatic heterocycles. The Hall–Kier alpha value is -0.980. The lowest BCUT2D eigenvalue weighted by Gasteiger charge is -2.19. The van der Waals surface area contributed by atoms with Crippen molar-refractivity contribution < 1.29 is 23.4 Å². The fraction of sp³-hybridized carbons (Fsp3) is 0.400. The van der Waals surface area contributed by atoms with E-state index in [-0.39, 0.29) is 23.7 Å². The zero-order valence-electron chi connectivity index (χ0n) is 8.69. The van der Waals surface area contributed by atoms with E-state index in [1.165, 1.54) is 24.3 Å². The molecule has 1 aromatic rings. The minimum Gasteiger partial charge on any atom is -0.508 e. The van der Waals surface area contributed by atoms with E-state index in [4.69, 9.17) is 10.8 Å². The van der Waals surface area contributed by atoms with Crippen LogP contribution in [0.3, 0.4) is 0 Å². The molecule has 17 heavy (non-hydrogen) atoms. The summed E-state index contributed by atoms with van der Waals surface area (Å²) in [5.74, 6) is -0.114. The summed E-state index contributed by atoms with van der Waals surface area (Å²) in [5.41, 5.74) is 5.09. The number of aliphatic hydroxyl groups excluding tert-OH is 1. The van der Waals surface area contributed by atoms with E-state index in [0.29, 0.717) is 0 Å². The first-order valence-corrected chi connectivity index (χ1v) is 4.60. The molecule has 4 N–H and O–H groups in total. The average molecular weight is 272 g/mol. The number of hydrogen-bond acceptors (Lipinski definition) is 3. The average Bonchev–Trinajstić information content (AvgIpc) is 2.16. The lowest BCUT2D eigenvalue weighted by Crippen LogP contribution is -2.38. The Kier molecular flexibility index (Phi) is 5.74. The molecule has 0 aliphatic carbocycles. The topological polar surface area (TPSA) is 66.5 Å². The van der Waals surface area contributed by atoms with E-state index < -0.39 is 24.7 Å². The van der Waals surface area contributed by atoms with Crippen LogP contribution in [0.15, 0.2) is 24.3 Å². The molecule has 0 unspecified atom stereocenters. The number of benzene rings is 1. The molecule has 7 heteroatoms. The van der Waals surface area contributed by atoms with Crippen LogP contribution in [0.2, 0.25) is 0 Å². The number of nitrogens with two attached hydrogens (primary N) is 1. The highest BCUT2D eigenvalue weighted by Crippen LogP contribution is 2.27. The number of hydrogen-bond donors (Lipinski definition) is 3. The summed E-state index contributed by atoms with van der Waals surface area (Å²) in [6.07, 6.45) is -6.51. The molecule has 0 radical (unpaired) electrons. The highest BCUT2D eigenvalue weighted by molar-refractivity contribution is 5.85. The molecule has 98 valence electrons. The van der Waals surface area contributed by atoms with Crippen molar-refractivity contribution in [1.29, 1.82) is 0 Å². The Morgan fingerprint density at radius 2 is 1.88 bits per heavy atom. The zero-order chi connectivity index (χ0) is 12.3. The van der Waals surface area contributed by atoms with E-state index in [1.54, 1.807) is 0 Å². The molecule has 0 aromatic heterocycles. The number of aliphatic hydroxyl groups is 1. The Morgan fingerprint density at radius 3 is 2.35 bits per heavy atom.